The number of amides is 2. The summed E-state index contributed by atoms with van der Waals surface area (Å²) in [6.45, 7) is 3.81. The number of hydrogen-bond acceptors (Lipinski definition) is 2. The summed E-state index contributed by atoms with van der Waals surface area (Å²) in [5, 5.41) is 12.1. The smallest absolute Gasteiger partial charge is 0.335 e. The zero-order chi connectivity index (χ0) is 14.5. The largest absolute Gasteiger partial charge is 0.478 e. The van der Waals surface area contributed by atoms with Gasteiger partial charge in [-0.15, -0.1) is 0 Å². The first-order chi connectivity index (χ1) is 9.63. The molecule has 108 valence electrons. The molecule has 20 heavy (non-hydrogen) atoms. The topological polar surface area (TPSA) is 69.6 Å². The van der Waals surface area contributed by atoms with Crippen molar-refractivity contribution in [3.63, 3.8) is 0 Å². The third-order valence-electron chi connectivity index (χ3n) is 3.59. The van der Waals surface area contributed by atoms with E-state index in [4.69, 9.17) is 5.11 Å². The highest BCUT2D eigenvalue weighted by Gasteiger charge is 2.23. The van der Waals surface area contributed by atoms with Gasteiger partial charge in [-0.25, -0.2) is 9.59 Å². The van der Waals surface area contributed by atoms with Gasteiger partial charge >= 0.3 is 12.0 Å². The van der Waals surface area contributed by atoms with Crippen LogP contribution in [-0.2, 0) is 13.0 Å². The van der Waals surface area contributed by atoms with Crippen molar-refractivity contribution in [2.75, 3.05) is 13.1 Å². The Kier molecular flexibility index (Phi) is 4.61. The van der Waals surface area contributed by atoms with Crippen molar-refractivity contribution in [2.45, 2.75) is 32.7 Å². The van der Waals surface area contributed by atoms with Crippen LogP contribution in [0.3, 0.4) is 0 Å². The number of carboxylic acid groups (broad SMARTS) is 1. The van der Waals surface area contributed by atoms with Crippen LogP contribution in [-0.4, -0.2) is 35.1 Å². The summed E-state index contributed by atoms with van der Waals surface area (Å²) in [5.41, 5.74) is 2.15. The first-order valence-corrected chi connectivity index (χ1v) is 7.00. The second-order valence-corrected chi connectivity index (χ2v) is 5.01. The fourth-order valence-electron chi connectivity index (χ4n) is 2.47. The molecule has 0 saturated heterocycles. The Labute approximate surface area is 118 Å². The first-order valence-electron chi connectivity index (χ1n) is 7.00. The summed E-state index contributed by atoms with van der Waals surface area (Å²) >= 11 is 0. The highest BCUT2D eigenvalue weighted by molar-refractivity contribution is 5.90. The molecule has 0 bridgehead atoms. The quantitative estimate of drug-likeness (QED) is 0.829. The zero-order valence-corrected chi connectivity index (χ0v) is 11.7. The Balaban J connectivity index is 2.06. The number of hydrogen-bond donors (Lipinski definition) is 2. The van der Waals surface area contributed by atoms with Gasteiger partial charge in [0.2, 0.25) is 0 Å². The maximum Gasteiger partial charge on any atom is 0.335 e. The molecule has 1 aromatic rings. The molecule has 1 aliphatic heterocycles. The number of unbranched alkanes of at least 4 members (excludes halogenated alkanes) is 1. The fraction of sp³-hybridized carbons (Fsp3) is 0.467. The van der Waals surface area contributed by atoms with E-state index in [2.05, 4.69) is 12.2 Å². The summed E-state index contributed by atoms with van der Waals surface area (Å²) in [6.07, 6.45) is 2.61. The van der Waals surface area contributed by atoms with E-state index in [0.717, 1.165) is 24.0 Å². The van der Waals surface area contributed by atoms with Gasteiger partial charge in [-0.2, -0.15) is 0 Å². The highest BCUT2D eigenvalue weighted by atomic mass is 16.4. The van der Waals surface area contributed by atoms with Gasteiger partial charge in [-0.3, -0.25) is 0 Å². The number of carboxylic acids is 1. The van der Waals surface area contributed by atoms with E-state index in [0.29, 0.717) is 31.6 Å². The predicted molar refractivity (Wildman–Crippen MR) is 75.8 cm³/mol. The third-order valence-corrected chi connectivity index (χ3v) is 3.59. The molecule has 1 aromatic carbocycles. The van der Waals surface area contributed by atoms with Crippen LogP contribution in [0.1, 0.15) is 41.3 Å². The van der Waals surface area contributed by atoms with Gasteiger partial charge in [0.05, 0.1) is 5.56 Å². The Morgan fingerprint density at radius 2 is 2.20 bits per heavy atom. The number of carbonyl (C=O) groups is 2. The molecule has 0 spiro atoms. The van der Waals surface area contributed by atoms with Crippen molar-refractivity contribution in [3.8, 4) is 0 Å². The molecular formula is C15H20N2O3. The molecule has 0 aromatic heterocycles. The Morgan fingerprint density at radius 3 is 2.90 bits per heavy atom. The fourth-order valence-corrected chi connectivity index (χ4v) is 2.47. The molecule has 1 heterocycles. The van der Waals surface area contributed by atoms with E-state index >= 15 is 0 Å². The Hall–Kier alpha value is -2.04. The van der Waals surface area contributed by atoms with Crippen molar-refractivity contribution >= 4 is 12.0 Å². The normalized spacial score (nSPS) is 13.8. The third kappa shape index (κ3) is 3.10. The summed E-state index contributed by atoms with van der Waals surface area (Å²) in [6, 6.07) is 5.19. The summed E-state index contributed by atoms with van der Waals surface area (Å²) in [5.74, 6) is -0.900. The SMILES string of the molecule is CCCCNC(=O)N1CCc2c(cccc2C(=O)O)C1. The number of aromatic carboxylic acids is 1. The number of nitrogens with one attached hydrogen (secondary N) is 1. The molecule has 2 N–H and O–H groups in total. The van der Waals surface area contributed by atoms with Crippen LogP contribution < -0.4 is 5.32 Å². The lowest BCUT2D eigenvalue weighted by Crippen LogP contribution is -2.43. The number of rotatable bonds is 4. The highest BCUT2D eigenvalue weighted by Crippen LogP contribution is 2.22. The lowest BCUT2D eigenvalue weighted by atomic mass is 9.95. The van der Waals surface area contributed by atoms with E-state index in [9.17, 15) is 9.59 Å². The van der Waals surface area contributed by atoms with Crippen molar-refractivity contribution in [1.29, 1.82) is 0 Å². The van der Waals surface area contributed by atoms with Crippen LogP contribution >= 0.6 is 0 Å². The van der Waals surface area contributed by atoms with Crippen molar-refractivity contribution in [2.24, 2.45) is 0 Å². The van der Waals surface area contributed by atoms with Crippen molar-refractivity contribution in [1.82, 2.24) is 10.2 Å². The molecule has 1 aliphatic rings. The minimum atomic E-state index is -0.900. The molecule has 0 saturated carbocycles. The maximum absolute atomic E-state index is 12.0. The maximum atomic E-state index is 12.0. The van der Waals surface area contributed by atoms with E-state index in [1.165, 1.54) is 0 Å². The predicted octanol–water partition coefficient (Wildman–Crippen LogP) is 2.25. The van der Waals surface area contributed by atoms with Crippen LogP contribution in [0.5, 0.6) is 0 Å². The second-order valence-electron chi connectivity index (χ2n) is 5.01. The van der Waals surface area contributed by atoms with Crippen LogP contribution in [0.2, 0.25) is 0 Å². The van der Waals surface area contributed by atoms with Crippen molar-refractivity contribution < 1.29 is 14.7 Å². The minimum absolute atomic E-state index is 0.0650. The number of fused-ring (bicyclic) bond motifs is 1. The number of urea groups is 1. The Morgan fingerprint density at radius 1 is 1.40 bits per heavy atom. The average molecular weight is 276 g/mol. The molecule has 5 heteroatoms. The molecule has 5 nitrogen and oxygen atoms in total. The number of benzene rings is 1. The van der Waals surface area contributed by atoms with Gasteiger partial charge in [0.15, 0.2) is 0 Å². The molecule has 2 rings (SSSR count). The molecular weight excluding hydrogens is 256 g/mol. The molecule has 0 unspecified atom stereocenters. The van der Waals surface area contributed by atoms with Gasteiger partial charge in [0.25, 0.3) is 0 Å². The van der Waals surface area contributed by atoms with Crippen LogP contribution in [0.4, 0.5) is 4.79 Å². The summed E-state index contributed by atoms with van der Waals surface area (Å²) in [7, 11) is 0. The lowest BCUT2D eigenvalue weighted by Gasteiger charge is -2.29. The van der Waals surface area contributed by atoms with Gasteiger partial charge in [-0.1, -0.05) is 25.5 Å². The van der Waals surface area contributed by atoms with Gasteiger partial charge in [0.1, 0.15) is 0 Å². The standard InChI is InChI=1S/C15H20N2O3/c1-2-3-8-16-15(20)17-9-7-12-11(10-17)5-4-6-13(12)14(18)19/h4-6H,2-3,7-10H2,1H3,(H,16,20)(H,18,19). The molecule has 0 radical (unpaired) electrons. The van der Waals surface area contributed by atoms with Crippen LogP contribution in [0.25, 0.3) is 0 Å². The zero-order valence-electron chi connectivity index (χ0n) is 11.7. The van der Waals surface area contributed by atoms with E-state index in [1.54, 1.807) is 17.0 Å². The monoisotopic (exact) mass is 276 g/mol. The molecule has 2 amide bonds. The van der Waals surface area contributed by atoms with E-state index in [-0.39, 0.29) is 6.03 Å². The van der Waals surface area contributed by atoms with Crippen LogP contribution in [0, 0.1) is 0 Å². The second kappa shape index (κ2) is 6.41. The van der Waals surface area contributed by atoms with E-state index < -0.39 is 5.97 Å². The van der Waals surface area contributed by atoms with Gasteiger partial charge in [0, 0.05) is 19.6 Å². The van der Waals surface area contributed by atoms with Gasteiger partial charge < -0.3 is 15.3 Å². The van der Waals surface area contributed by atoms with Crippen molar-refractivity contribution in [3.05, 3.63) is 34.9 Å². The molecule has 0 fully saturated rings. The summed E-state index contributed by atoms with van der Waals surface area (Å²) in [4.78, 5) is 24.9. The average Bonchev–Trinajstić information content (AvgIpc) is 2.46. The lowest BCUT2D eigenvalue weighted by molar-refractivity contribution is 0.0695. The Bertz CT molecular complexity index is 514. The van der Waals surface area contributed by atoms with E-state index in [1.807, 2.05) is 6.07 Å². The first kappa shape index (κ1) is 14.4. The van der Waals surface area contributed by atoms with Gasteiger partial charge in [-0.05, 0) is 30.0 Å². The van der Waals surface area contributed by atoms with Crippen LogP contribution in [0.15, 0.2) is 18.2 Å². The molecule has 0 atom stereocenters. The minimum Gasteiger partial charge on any atom is -0.478 e. The number of carbonyl (C=O) groups excluding carboxylic acids is 1. The summed E-state index contributed by atoms with van der Waals surface area (Å²) < 4.78 is 0. The molecule has 0 aliphatic carbocycles. The number of nitrogens with zero attached hydrogens (tertiary/aromatic N) is 1.